The fourth-order valence-corrected chi connectivity index (χ4v) is 4.19. The minimum absolute atomic E-state index is 0.0972. The van der Waals surface area contributed by atoms with Crippen molar-refractivity contribution in [3.05, 3.63) is 10.8 Å². The lowest BCUT2D eigenvalue weighted by atomic mass is 10.4. The molecule has 0 aliphatic carbocycles. The molecule has 0 aromatic heterocycles. The molecule has 1 saturated heterocycles. The van der Waals surface area contributed by atoms with Crippen molar-refractivity contribution in [3.8, 4) is 0 Å². The number of amides is 1. The van der Waals surface area contributed by atoms with Crippen molar-refractivity contribution in [3.63, 3.8) is 0 Å². The highest BCUT2D eigenvalue weighted by atomic mass is 32.3. The van der Waals surface area contributed by atoms with Crippen molar-refractivity contribution in [1.82, 2.24) is 9.03 Å². The van der Waals surface area contributed by atoms with E-state index in [2.05, 4.69) is 6.58 Å². The van der Waals surface area contributed by atoms with Gasteiger partial charge in [0, 0.05) is 13.1 Å². The molecule has 1 aliphatic rings. The Morgan fingerprint density at radius 2 is 1.69 bits per heavy atom. The summed E-state index contributed by atoms with van der Waals surface area (Å²) >= 11 is 0. The summed E-state index contributed by atoms with van der Waals surface area (Å²) in [5.74, 6) is 0. The molecule has 7 nitrogen and oxygen atoms in total. The Bertz CT molecular complexity index is 487. The van der Waals surface area contributed by atoms with E-state index in [9.17, 15) is 21.6 Å². The van der Waals surface area contributed by atoms with Gasteiger partial charge in [0.25, 0.3) is 20.0 Å². The molecule has 1 amide bonds. The van der Waals surface area contributed by atoms with Gasteiger partial charge in [-0.2, -0.15) is 4.31 Å². The predicted octanol–water partition coefficient (Wildman–Crippen LogP) is -1.04. The number of sulfonamides is 2. The first-order valence-electron chi connectivity index (χ1n) is 4.47. The van der Waals surface area contributed by atoms with Gasteiger partial charge in [-0.05, 0) is 12.8 Å². The number of hydrogen-bond acceptors (Lipinski definition) is 5. The van der Waals surface area contributed by atoms with E-state index in [0.717, 1.165) is 4.31 Å². The van der Waals surface area contributed by atoms with E-state index < -0.39 is 24.3 Å². The second kappa shape index (κ2) is 4.52. The highest BCUT2D eigenvalue weighted by molar-refractivity contribution is 8.12. The minimum atomic E-state index is -4.35. The average Bonchev–Trinajstić information content (AvgIpc) is 2.69. The van der Waals surface area contributed by atoms with Gasteiger partial charge in [-0.25, -0.2) is 16.8 Å². The van der Waals surface area contributed by atoms with Gasteiger partial charge in [0.05, 0.1) is 0 Å². The monoisotopic (exact) mass is 268 g/mol. The Morgan fingerprint density at radius 3 is 2.12 bits per heavy atom. The molecule has 1 aliphatic heterocycles. The Balaban J connectivity index is 3.01. The number of carbonyl (C=O) groups excluding carboxylic acids is 1. The summed E-state index contributed by atoms with van der Waals surface area (Å²) in [6.45, 7) is 3.57. The Hall–Kier alpha value is -0.930. The standard InChI is InChI=1S/C7H12N2O5S2/c1-7(15(11,12)8-6-10)16(13,14)9-4-2-3-5-9/h6H,1-5H2,(H,8,10). The van der Waals surface area contributed by atoms with Gasteiger partial charge in [0.2, 0.25) is 6.41 Å². The fourth-order valence-electron chi connectivity index (χ4n) is 1.34. The normalized spacial score (nSPS) is 18.2. The van der Waals surface area contributed by atoms with Gasteiger partial charge >= 0.3 is 0 Å². The third-order valence-electron chi connectivity index (χ3n) is 2.20. The molecule has 1 heterocycles. The molecular weight excluding hydrogens is 256 g/mol. The van der Waals surface area contributed by atoms with E-state index in [1.54, 1.807) is 0 Å². The predicted molar refractivity (Wildman–Crippen MR) is 57.0 cm³/mol. The number of nitrogens with one attached hydrogen (secondary N) is 1. The van der Waals surface area contributed by atoms with Crippen LogP contribution in [0.25, 0.3) is 0 Å². The molecular formula is C7H12N2O5S2. The molecule has 0 saturated carbocycles. The van der Waals surface area contributed by atoms with Crippen LogP contribution in [0.15, 0.2) is 10.8 Å². The Labute approximate surface area is 94.2 Å². The molecule has 0 bridgehead atoms. The van der Waals surface area contributed by atoms with Crippen LogP contribution in [0.2, 0.25) is 0 Å². The minimum Gasteiger partial charge on any atom is -0.278 e. The summed E-state index contributed by atoms with van der Waals surface area (Å²) in [7, 11) is -8.44. The third kappa shape index (κ3) is 2.42. The molecule has 1 N–H and O–H groups in total. The molecule has 0 unspecified atom stereocenters. The lowest BCUT2D eigenvalue weighted by Crippen LogP contribution is -2.35. The molecule has 16 heavy (non-hydrogen) atoms. The van der Waals surface area contributed by atoms with Crippen LogP contribution in [0.1, 0.15) is 12.8 Å². The molecule has 0 aromatic rings. The zero-order valence-corrected chi connectivity index (χ0v) is 10.1. The Kier molecular flexibility index (Phi) is 3.71. The summed E-state index contributed by atoms with van der Waals surface area (Å²) in [6, 6.07) is 0. The van der Waals surface area contributed by atoms with Crippen LogP contribution >= 0.6 is 0 Å². The fraction of sp³-hybridized carbons (Fsp3) is 0.571. The van der Waals surface area contributed by atoms with E-state index in [4.69, 9.17) is 0 Å². The van der Waals surface area contributed by atoms with Crippen molar-refractivity contribution in [1.29, 1.82) is 0 Å². The first-order valence-corrected chi connectivity index (χ1v) is 7.40. The zero-order chi connectivity index (χ0) is 12.4. The van der Waals surface area contributed by atoms with Crippen LogP contribution in [0, 0.1) is 0 Å². The first-order chi connectivity index (χ1) is 7.32. The molecule has 0 radical (unpaired) electrons. The average molecular weight is 268 g/mol. The third-order valence-corrected chi connectivity index (χ3v) is 6.11. The summed E-state index contributed by atoms with van der Waals surface area (Å²) in [5, 5.41) is 0. The SMILES string of the molecule is C=C(S(=O)(=O)NC=O)S(=O)(=O)N1CCCC1. The highest BCUT2D eigenvalue weighted by Gasteiger charge is 2.35. The van der Waals surface area contributed by atoms with Crippen molar-refractivity contribution in [2.24, 2.45) is 0 Å². The molecule has 1 fully saturated rings. The molecule has 0 atom stereocenters. The summed E-state index contributed by atoms with van der Waals surface area (Å²) < 4.78 is 47.6. The highest BCUT2D eigenvalue weighted by Crippen LogP contribution is 2.21. The summed E-state index contributed by atoms with van der Waals surface area (Å²) in [6.07, 6.45) is 1.28. The maximum absolute atomic E-state index is 11.7. The molecule has 92 valence electrons. The largest absolute Gasteiger partial charge is 0.278 e. The van der Waals surface area contributed by atoms with Crippen LogP contribution in [0.3, 0.4) is 0 Å². The van der Waals surface area contributed by atoms with Gasteiger partial charge in [-0.1, -0.05) is 6.58 Å². The molecule has 9 heteroatoms. The quantitative estimate of drug-likeness (QED) is 0.642. The maximum atomic E-state index is 11.7. The van der Waals surface area contributed by atoms with Crippen LogP contribution in [-0.2, 0) is 24.8 Å². The number of nitrogens with zero attached hydrogens (tertiary/aromatic N) is 1. The smallest absolute Gasteiger partial charge is 0.275 e. The lowest BCUT2D eigenvalue weighted by Gasteiger charge is -2.16. The first kappa shape index (κ1) is 13.1. The number of carbonyl (C=O) groups is 1. The summed E-state index contributed by atoms with van der Waals surface area (Å²) in [4.78, 5) is 10.0. The maximum Gasteiger partial charge on any atom is 0.275 e. The van der Waals surface area contributed by atoms with Gasteiger partial charge in [0.1, 0.15) is 0 Å². The number of rotatable bonds is 5. The van der Waals surface area contributed by atoms with Crippen molar-refractivity contribution >= 4 is 26.5 Å². The van der Waals surface area contributed by atoms with Gasteiger partial charge in [-0.15, -0.1) is 0 Å². The second-order valence-electron chi connectivity index (χ2n) is 3.22. The van der Waals surface area contributed by atoms with Gasteiger partial charge < -0.3 is 0 Å². The van der Waals surface area contributed by atoms with Gasteiger partial charge in [0.15, 0.2) is 4.24 Å². The van der Waals surface area contributed by atoms with E-state index in [-0.39, 0.29) is 19.5 Å². The van der Waals surface area contributed by atoms with Crippen LogP contribution in [-0.4, -0.2) is 40.6 Å². The van der Waals surface area contributed by atoms with Crippen LogP contribution in [0.5, 0.6) is 0 Å². The molecule has 1 rings (SSSR count). The lowest BCUT2D eigenvalue weighted by molar-refractivity contribution is -0.108. The van der Waals surface area contributed by atoms with E-state index >= 15 is 0 Å². The van der Waals surface area contributed by atoms with E-state index in [0.29, 0.717) is 12.8 Å². The second-order valence-corrected chi connectivity index (χ2v) is 7.18. The van der Waals surface area contributed by atoms with Crippen molar-refractivity contribution in [2.45, 2.75) is 12.8 Å². The number of hydrogen-bond donors (Lipinski definition) is 1. The van der Waals surface area contributed by atoms with E-state index in [1.807, 2.05) is 0 Å². The molecule has 0 spiro atoms. The molecule has 0 aromatic carbocycles. The van der Waals surface area contributed by atoms with Crippen molar-refractivity contribution in [2.75, 3.05) is 13.1 Å². The van der Waals surface area contributed by atoms with Crippen LogP contribution in [0.4, 0.5) is 0 Å². The zero-order valence-electron chi connectivity index (χ0n) is 8.42. The Morgan fingerprint density at radius 1 is 1.19 bits per heavy atom. The van der Waals surface area contributed by atoms with Gasteiger partial charge in [-0.3, -0.25) is 9.52 Å². The summed E-state index contributed by atoms with van der Waals surface area (Å²) in [5.41, 5.74) is 0. The van der Waals surface area contributed by atoms with Crippen LogP contribution < -0.4 is 4.72 Å². The topological polar surface area (TPSA) is 101 Å². The van der Waals surface area contributed by atoms with E-state index in [1.165, 1.54) is 4.72 Å². The van der Waals surface area contributed by atoms with Crippen molar-refractivity contribution < 1.29 is 21.6 Å².